The number of pyridine rings is 1. The smallest absolute Gasteiger partial charge is 0.270 e. The lowest BCUT2D eigenvalue weighted by Gasteiger charge is -2.09. The molecule has 0 spiro atoms. The maximum absolute atomic E-state index is 12.7. The van der Waals surface area contributed by atoms with Crippen LogP contribution in [0, 0.1) is 17.0 Å². The largest absolute Gasteiger partial charge is 0.341 e. The van der Waals surface area contributed by atoms with Crippen LogP contribution in [0.5, 0.6) is 0 Å². The highest BCUT2D eigenvalue weighted by atomic mass is 16.6. The molecule has 0 saturated carbocycles. The first-order chi connectivity index (χ1) is 14.5. The summed E-state index contributed by atoms with van der Waals surface area (Å²) in [6.45, 7) is 1.92. The number of imidazole rings is 1. The van der Waals surface area contributed by atoms with Gasteiger partial charge in [-0.3, -0.25) is 19.9 Å². The number of nitro benzene ring substituents is 1. The summed E-state index contributed by atoms with van der Waals surface area (Å²) in [6.07, 6.45) is 3.44. The number of benzene rings is 2. The van der Waals surface area contributed by atoms with Crippen LogP contribution in [0.15, 0.2) is 73.1 Å². The van der Waals surface area contributed by atoms with E-state index in [1.165, 1.54) is 24.3 Å². The molecule has 0 radical (unpaired) electrons. The molecule has 0 fully saturated rings. The van der Waals surface area contributed by atoms with Gasteiger partial charge in [0.25, 0.3) is 11.6 Å². The molecule has 1 amide bonds. The first kappa shape index (κ1) is 19.0. The van der Waals surface area contributed by atoms with E-state index >= 15 is 0 Å². The van der Waals surface area contributed by atoms with Gasteiger partial charge in [0.2, 0.25) is 0 Å². The number of para-hydroxylation sites is 1. The summed E-state index contributed by atoms with van der Waals surface area (Å²) in [7, 11) is 0. The Morgan fingerprint density at radius 2 is 1.93 bits per heavy atom. The maximum Gasteiger partial charge on any atom is 0.270 e. The molecule has 8 heteroatoms. The fraction of sp³-hybridized carbons (Fsp3) is 0.0455. The summed E-state index contributed by atoms with van der Waals surface area (Å²) in [5, 5.41) is 13.8. The summed E-state index contributed by atoms with van der Waals surface area (Å²) in [6, 6.07) is 16.6. The number of anilines is 1. The van der Waals surface area contributed by atoms with Crippen molar-refractivity contribution in [3.63, 3.8) is 0 Å². The number of hydrogen-bond donors (Lipinski definition) is 2. The van der Waals surface area contributed by atoms with Gasteiger partial charge >= 0.3 is 0 Å². The number of H-pyrrole nitrogens is 1. The highest BCUT2D eigenvalue weighted by Gasteiger charge is 2.16. The van der Waals surface area contributed by atoms with Crippen LogP contribution in [-0.2, 0) is 0 Å². The van der Waals surface area contributed by atoms with Crippen LogP contribution < -0.4 is 5.32 Å². The minimum Gasteiger partial charge on any atom is -0.341 e. The monoisotopic (exact) mass is 399 g/mol. The van der Waals surface area contributed by atoms with Crippen LogP contribution in [0.4, 0.5) is 11.4 Å². The number of nitro groups is 1. The molecule has 0 bridgehead atoms. The quantitative estimate of drug-likeness (QED) is 0.376. The zero-order chi connectivity index (χ0) is 21.1. The SMILES string of the molecule is Cc1[nH]c(-c2ccccc2NC(=O)c2cccc([N+](=O)[O-])c2)nc1-c1cccnc1. The average Bonchev–Trinajstić information content (AvgIpc) is 3.16. The summed E-state index contributed by atoms with van der Waals surface area (Å²) >= 11 is 0. The molecule has 0 atom stereocenters. The number of nitrogens with one attached hydrogen (secondary N) is 2. The number of aromatic amines is 1. The molecule has 0 aliphatic heterocycles. The molecule has 8 nitrogen and oxygen atoms in total. The minimum absolute atomic E-state index is 0.140. The highest BCUT2D eigenvalue weighted by Crippen LogP contribution is 2.30. The molecule has 0 unspecified atom stereocenters. The Balaban J connectivity index is 1.66. The third kappa shape index (κ3) is 3.79. The van der Waals surface area contributed by atoms with Crippen molar-refractivity contribution >= 4 is 17.3 Å². The number of carbonyl (C=O) groups is 1. The zero-order valence-electron chi connectivity index (χ0n) is 16.0. The Morgan fingerprint density at radius 3 is 2.70 bits per heavy atom. The van der Waals surface area contributed by atoms with Crippen molar-refractivity contribution in [3.8, 4) is 22.6 Å². The Kier molecular flexibility index (Phi) is 5.04. The number of aromatic nitrogens is 3. The molecule has 4 aromatic rings. The molecule has 2 N–H and O–H groups in total. The van der Waals surface area contributed by atoms with E-state index in [4.69, 9.17) is 4.98 Å². The van der Waals surface area contributed by atoms with Crippen molar-refractivity contribution in [2.24, 2.45) is 0 Å². The van der Waals surface area contributed by atoms with Crippen molar-refractivity contribution in [1.29, 1.82) is 0 Å². The van der Waals surface area contributed by atoms with Crippen LogP contribution in [0.2, 0.25) is 0 Å². The topological polar surface area (TPSA) is 114 Å². The van der Waals surface area contributed by atoms with E-state index < -0.39 is 10.8 Å². The van der Waals surface area contributed by atoms with Gasteiger partial charge in [0.05, 0.1) is 16.3 Å². The average molecular weight is 399 g/mol. The molecular weight excluding hydrogens is 382 g/mol. The van der Waals surface area contributed by atoms with Crippen LogP contribution in [0.25, 0.3) is 22.6 Å². The van der Waals surface area contributed by atoms with Gasteiger partial charge in [0.15, 0.2) is 0 Å². The highest BCUT2D eigenvalue weighted by molar-refractivity contribution is 6.06. The van der Waals surface area contributed by atoms with Crippen molar-refractivity contribution in [3.05, 3.63) is 94.4 Å². The molecule has 0 saturated heterocycles. The Bertz CT molecular complexity index is 1230. The van der Waals surface area contributed by atoms with E-state index in [2.05, 4.69) is 15.3 Å². The van der Waals surface area contributed by atoms with Crippen molar-refractivity contribution in [2.45, 2.75) is 6.92 Å². The van der Waals surface area contributed by atoms with Crippen LogP contribution in [0.3, 0.4) is 0 Å². The van der Waals surface area contributed by atoms with Gasteiger partial charge in [-0.15, -0.1) is 0 Å². The predicted molar refractivity (Wildman–Crippen MR) is 113 cm³/mol. The first-order valence-corrected chi connectivity index (χ1v) is 9.15. The predicted octanol–water partition coefficient (Wildman–Crippen LogP) is 4.61. The summed E-state index contributed by atoms with van der Waals surface area (Å²) in [5.41, 5.74) is 3.84. The Labute approximate surface area is 171 Å². The number of aryl methyl sites for hydroxylation is 1. The summed E-state index contributed by atoms with van der Waals surface area (Å²) in [4.78, 5) is 35.2. The Morgan fingerprint density at radius 1 is 1.10 bits per heavy atom. The molecule has 30 heavy (non-hydrogen) atoms. The van der Waals surface area contributed by atoms with Crippen LogP contribution in [0.1, 0.15) is 16.1 Å². The molecule has 2 aromatic carbocycles. The molecular formula is C22H17N5O3. The van der Waals surface area contributed by atoms with E-state index in [1.54, 1.807) is 24.5 Å². The van der Waals surface area contributed by atoms with E-state index in [1.807, 2.05) is 31.2 Å². The van der Waals surface area contributed by atoms with Gasteiger partial charge in [0, 0.05) is 46.9 Å². The van der Waals surface area contributed by atoms with Gasteiger partial charge < -0.3 is 10.3 Å². The van der Waals surface area contributed by atoms with Gasteiger partial charge in [0.1, 0.15) is 5.82 Å². The van der Waals surface area contributed by atoms with Gasteiger partial charge in [-0.05, 0) is 37.3 Å². The Hall–Kier alpha value is -4.33. The van der Waals surface area contributed by atoms with Gasteiger partial charge in [-0.1, -0.05) is 18.2 Å². The van der Waals surface area contributed by atoms with E-state index in [0.717, 1.165) is 17.0 Å². The number of rotatable bonds is 5. The van der Waals surface area contributed by atoms with E-state index in [0.29, 0.717) is 17.1 Å². The number of carbonyl (C=O) groups excluding carboxylic acids is 1. The second kappa shape index (κ2) is 7.96. The molecule has 0 aliphatic carbocycles. The number of non-ortho nitro benzene ring substituents is 1. The van der Waals surface area contributed by atoms with Crippen molar-refractivity contribution in [2.75, 3.05) is 5.32 Å². The number of amides is 1. The summed E-state index contributed by atoms with van der Waals surface area (Å²) in [5.74, 6) is 0.156. The third-order valence-corrected chi connectivity index (χ3v) is 4.57. The molecule has 0 aliphatic rings. The number of nitrogens with zero attached hydrogens (tertiary/aromatic N) is 3. The second-order valence-electron chi connectivity index (χ2n) is 6.61. The molecule has 4 rings (SSSR count). The normalized spacial score (nSPS) is 10.6. The molecule has 148 valence electrons. The second-order valence-corrected chi connectivity index (χ2v) is 6.61. The van der Waals surface area contributed by atoms with Crippen molar-refractivity contribution < 1.29 is 9.72 Å². The van der Waals surface area contributed by atoms with Crippen molar-refractivity contribution in [1.82, 2.24) is 15.0 Å². The molecule has 2 heterocycles. The van der Waals surface area contributed by atoms with Crippen LogP contribution in [-0.4, -0.2) is 25.8 Å². The lowest BCUT2D eigenvalue weighted by atomic mass is 10.1. The first-order valence-electron chi connectivity index (χ1n) is 9.15. The van der Waals surface area contributed by atoms with Gasteiger partial charge in [-0.2, -0.15) is 0 Å². The lowest BCUT2D eigenvalue weighted by Crippen LogP contribution is -2.13. The van der Waals surface area contributed by atoms with Gasteiger partial charge in [-0.25, -0.2) is 4.98 Å². The fourth-order valence-corrected chi connectivity index (χ4v) is 3.13. The van der Waals surface area contributed by atoms with Crippen LogP contribution >= 0.6 is 0 Å². The maximum atomic E-state index is 12.7. The standard InChI is InChI=1S/C22H17N5O3/c1-14-20(16-7-5-11-23-13-16)26-21(24-14)18-9-2-3-10-19(18)25-22(28)15-6-4-8-17(12-15)27(29)30/h2-13H,1H3,(H,24,26)(H,25,28). The molecule has 2 aromatic heterocycles. The zero-order valence-corrected chi connectivity index (χ0v) is 16.0. The lowest BCUT2D eigenvalue weighted by molar-refractivity contribution is -0.384. The number of hydrogen-bond acceptors (Lipinski definition) is 5. The van der Waals surface area contributed by atoms with E-state index in [-0.39, 0.29) is 11.3 Å². The minimum atomic E-state index is -0.531. The third-order valence-electron chi connectivity index (χ3n) is 4.57. The fourth-order valence-electron chi connectivity index (χ4n) is 3.13. The summed E-state index contributed by atoms with van der Waals surface area (Å²) < 4.78 is 0. The van der Waals surface area contributed by atoms with E-state index in [9.17, 15) is 14.9 Å².